The summed E-state index contributed by atoms with van der Waals surface area (Å²) >= 11 is 0. The molecule has 0 spiro atoms. The fraction of sp³-hybridized carbons (Fsp3) is 0.500. The molecule has 72 valence electrons. The van der Waals surface area contributed by atoms with Crippen LogP contribution in [0.1, 0.15) is 18.9 Å². The Bertz CT molecular complexity index is 248. The standard InChI is InChI=1S/C10H17N3/c1-3-5-13-10-4-6-12-8-9(10)7-11-2/h4,6,8,11H,3,5,7H2,1-2H3,(H,12,13). The molecule has 0 bridgehead atoms. The second-order valence-corrected chi connectivity index (χ2v) is 2.99. The minimum atomic E-state index is 0.861. The molecule has 3 heteroatoms. The smallest absolute Gasteiger partial charge is 0.0416 e. The number of aromatic nitrogens is 1. The average molecular weight is 179 g/mol. The molecule has 2 N–H and O–H groups in total. The highest BCUT2D eigenvalue weighted by molar-refractivity contribution is 5.49. The molecule has 0 aliphatic heterocycles. The molecule has 1 heterocycles. The topological polar surface area (TPSA) is 37.0 Å². The highest BCUT2D eigenvalue weighted by Crippen LogP contribution is 2.12. The lowest BCUT2D eigenvalue weighted by Crippen LogP contribution is -2.10. The Morgan fingerprint density at radius 1 is 1.46 bits per heavy atom. The first-order chi connectivity index (χ1) is 6.38. The molecule has 0 radical (unpaired) electrons. The molecular formula is C10H17N3. The zero-order valence-corrected chi connectivity index (χ0v) is 8.30. The van der Waals surface area contributed by atoms with E-state index >= 15 is 0 Å². The summed E-state index contributed by atoms with van der Waals surface area (Å²) in [7, 11) is 1.94. The van der Waals surface area contributed by atoms with Crippen molar-refractivity contribution < 1.29 is 0 Å². The Balaban J connectivity index is 2.66. The normalized spacial score (nSPS) is 10.0. The lowest BCUT2D eigenvalue weighted by Gasteiger charge is -2.09. The van der Waals surface area contributed by atoms with Gasteiger partial charge in [-0.25, -0.2) is 0 Å². The number of rotatable bonds is 5. The molecule has 1 aromatic heterocycles. The second kappa shape index (κ2) is 5.54. The van der Waals surface area contributed by atoms with Crippen LogP contribution in [0.4, 0.5) is 5.69 Å². The zero-order valence-electron chi connectivity index (χ0n) is 8.30. The van der Waals surface area contributed by atoms with Gasteiger partial charge in [0.05, 0.1) is 0 Å². The Morgan fingerprint density at radius 2 is 2.31 bits per heavy atom. The van der Waals surface area contributed by atoms with E-state index in [0.717, 1.165) is 19.5 Å². The van der Waals surface area contributed by atoms with Crippen molar-refractivity contribution in [3.8, 4) is 0 Å². The second-order valence-electron chi connectivity index (χ2n) is 2.99. The van der Waals surface area contributed by atoms with Crippen molar-refractivity contribution in [2.45, 2.75) is 19.9 Å². The Hall–Kier alpha value is -1.09. The van der Waals surface area contributed by atoms with Crippen molar-refractivity contribution in [3.63, 3.8) is 0 Å². The average Bonchev–Trinajstić information content (AvgIpc) is 2.17. The molecule has 0 saturated heterocycles. The third kappa shape index (κ3) is 3.03. The van der Waals surface area contributed by atoms with Crippen molar-refractivity contribution in [2.24, 2.45) is 0 Å². The maximum atomic E-state index is 4.09. The summed E-state index contributed by atoms with van der Waals surface area (Å²) in [5, 5.41) is 6.49. The molecule has 1 aromatic rings. The van der Waals surface area contributed by atoms with Crippen LogP contribution in [0.5, 0.6) is 0 Å². The van der Waals surface area contributed by atoms with Crippen LogP contribution in [0.25, 0.3) is 0 Å². The summed E-state index contributed by atoms with van der Waals surface area (Å²) in [5.41, 5.74) is 2.41. The monoisotopic (exact) mass is 179 g/mol. The van der Waals surface area contributed by atoms with Gasteiger partial charge in [0, 0.05) is 36.7 Å². The Kier molecular flexibility index (Phi) is 4.26. The lowest BCUT2D eigenvalue weighted by atomic mass is 10.2. The molecule has 1 rings (SSSR count). The van der Waals surface area contributed by atoms with Gasteiger partial charge in [0.25, 0.3) is 0 Å². The van der Waals surface area contributed by atoms with E-state index in [1.165, 1.54) is 11.3 Å². The fourth-order valence-electron chi connectivity index (χ4n) is 1.19. The molecule has 0 aromatic carbocycles. The van der Waals surface area contributed by atoms with Gasteiger partial charge in [-0.05, 0) is 19.5 Å². The van der Waals surface area contributed by atoms with Gasteiger partial charge in [0.2, 0.25) is 0 Å². The molecule has 0 saturated carbocycles. The molecule has 13 heavy (non-hydrogen) atoms. The number of hydrogen-bond donors (Lipinski definition) is 2. The van der Waals surface area contributed by atoms with Crippen LogP contribution in [-0.4, -0.2) is 18.6 Å². The van der Waals surface area contributed by atoms with Crippen molar-refractivity contribution in [3.05, 3.63) is 24.0 Å². The van der Waals surface area contributed by atoms with Crippen LogP contribution in [0.15, 0.2) is 18.5 Å². The van der Waals surface area contributed by atoms with E-state index in [1.54, 1.807) is 0 Å². The largest absolute Gasteiger partial charge is 0.385 e. The summed E-state index contributed by atoms with van der Waals surface area (Å²) in [6.07, 6.45) is 4.85. The highest BCUT2D eigenvalue weighted by atomic mass is 14.9. The maximum absolute atomic E-state index is 4.09. The van der Waals surface area contributed by atoms with E-state index in [1.807, 2.05) is 25.5 Å². The van der Waals surface area contributed by atoms with Crippen LogP contribution in [0.2, 0.25) is 0 Å². The Morgan fingerprint density at radius 3 is 3.00 bits per heavy atom. The summed E-state index contributed by atoms with van der Waals surface area (Å²) in [5.74, 6) is 0. The Labute approximate surface area is 79.6 Å². The van der Waals surface area contributed by atoms with Crippen molar-refractivity contribution in [2.75, 3.05) is 18.9 Å². The number of hydrogen-bond acceptors (Lipinski definition) is 3. The predicted molar refractivity (Wildman–Crippen MR) is 55.8 cm³/mol. The molecule has 3 nitrogen and oxygen atoms in total. The maximum Gasteiger partial charge on any atom is 0.0416 e. The molecule has 0 unspecified atom stereocenters. The summed E-state index contributed by atoms with van der Waals surface area (Å²) in [4.78, 5) is 4.09. The van der Waals surface area contributed by atoms with Crippen LogP contribution < -0.4 is 10.6 Å². The van der Waals surface area contributed by atoms with Crippen molar-refractivity contribution >= 4 is 5.69 Å². The van der Waals surface area contributed by atoms with Crippen LogP contribution in [-0.2, 0) is 6.54 Å². The third-order valence-electron chi connectivity index (χ3n) is 1.84. The van der Waals surface area contributed by atoms with E-state index < -0.39 is 0 Å². The number of nitrogens with zero attached hydrogens (tertiary/aromatic N) is 1. The van der Waals surface area contributed by atoms with Crippen molar-refractivity contribution in [1.82, 2.24) is 10.3 Å². The van der Waals surface area contributed by atoms with E-state index in [0.29, 0.717) is 0 Å². The zero-order chi connectivity index (χ0) is 9.52. The molecule has 0 amide bonds. The van der Waals surface area contributed by atoms with Crippen molar-refractivity contribution in [1.29, 1.82) is 0 Å². The van der Waals surface area contributed by atoms with Crippen LogP contribution in [0.3, 0.4) is 0 Å². The number of pyridine rings is 1. The quantitative estimate of drug-likeness (QED) is 0.721. The third-order valence-corrected chi connectivity index (χ3v) is 1.84. The summed E-state index contributed by atoms with van der Waals surface area (Å²) in [6.45, 7) is 4.03. The van der Waals surface area contributed by atoms with E-state index in [9.17, 15) is 0 Å². The van der Waals surface area contributed by atoms with Gasteiger partial charge in [-0.15, -0.1) is 0 Å². The van der Waals surface area contributed by atoms with Gasteiger partial charge in [-0.1, -0.05) is 6.92 Å². The fourth-order valence-corrected chi connectivity index (χ4v) is 1.19. The molecular weight excluding hydrogens is 162 g/mol. The molecule has 0 aliphatic carbocycles. The highest BCUT2D eigenvalue weighted by Gasteiger charge is 1.98. The minimum absolute atomic E-state index is 0.861. The van der Waals surface area contributed by atoms with Gasteiger partial charge in [-0.2, -0.15) is 0 Å². The first-order valence-electron chi connectivity index (χ1n) is 4.69. The summed E-state index contributed by atoms with van der Waals surface area (Å²) in [6, 6.07) is 2.02. The molecule has 0 fully saturated rings. The number of anilines is 1. The van der Waals surface area contributed by atoms with Gasteiger partial charge < -0.3 is 10.6 Å². The van der Waals surface area contributed by atoms with E-state index in [2.05, 4.69) is 22.5 Å². The predicted octanol–water partition coefficient (Wildman–Crippen LogP) is 1.62. The first kappa shape index (κ1) is 9.99. The summed E-state index contributed by atoms with van der Waals surface area (Å²) < 4.78 is 0. The van der Waals surface area contributed by atoms with Crippen LogP contribution in [0, 0.1) is 0 Å². The van der Waals surface area contributed by atoms with E-state index in [4.69, 9.17) is 0 Å². The van der Waals surface area contributed by atoms with Gasteiger partial charge in [0.1, 0.15) is 0 Å². The number of nitrogens with one attached hydrogen (secondary N) is 2. The van der Waals surface area contributed by atoms with Gasteiger partial charge in [-0.3, -0.25) is 4.98 Å². The molecule has 0 atom stereocenters. The first-order valence-corrected chi connectivity index (χ1v) is 4.69. The van der Waals surface area contributed by atoms with E-state index in [-0.39, 0.29) is 0 Å². The van der Waals surface area contributed by atoms with Gasteiger partial charge in [0.15, 0.2) is 0 Å². The van der Waals surface area contributed by atoms with Crippen LogP contribution >= 0.6 is 0 Å². The lowest BCUT2D eigenvalue weighted by molar-refractivity contribution is 0.812. The van der Waals surface area contributed by atoms with Gasteiger partial charge >= 0.3 is 0 Å². The SMILES string of the molecule is CCCNc1ccncc1CNC. The minimum Gasteiger partial charge on any atom is -0.385 e. The molecule has 0 aliphatic rings.